The second-order valence-electron chi connectivity index (χ2n) is 7.22. The van der Waals surface area contributed by atoms with Crippen LogP contribution in [-0.4, -0.2) is 37.2 Å². The molecule has 0 saturated heterocycles. The molecule has 2 aromatic heterocycles. The fourth-order valence-electron chi connectivity index (χ4n) is 3.23. The monoisotopic (exact) mass is 377 g/mol. The zero-order valence-corrected chi connectivity index (χ0v) is 16.2. The number of carbonyl (C=O) groups excluding carboxylic acids is 1. The van der Waals surface area contributed by atoms with Crippen LogP contribution in [0.5, 0.6) is 0 Å². The van der Waals surface area contributed by atoms with Gasteiger partial charge in [-0.15, -0.1) is 0 Å². The van der Waals surface area contributed by atoms with E-state index in [0.29, 0.717) is 18.1 Å². The van der Waals surface area contributed by atoms with E-state index in [2.05, 4.69) is 44.8 Å². The van der Waals surface area contributed by atoms with Crippen LogP contribution in [-0.2, 0) is 6.42 Å². The molecule has 0 bridgehead atoms. The van der Waals surface area contributed by atoms with E-state index in [1.165, 1.54) is 6.33 Å². The van der Waals surface area contributed by atoms with Crippen molar-refractivity contribution in [1.29, 1.82) is 0 Å². The quantitative estimate of drug-likeness (QED) is 0.709. The van der Waals surface area contributed by atoms with E-state index in [9.17, 15) is 4.79 Å². The van der Waals surface area contributed by atoms with E-state index < -0.39 is 0 Å². The number of anilines is 1. The average molecular weight is 377 g/mol. The number of nitrogens with one attached hydrogen (secondary N) is 2. The lowest BCUT2D eigenvalue weighted by Crippen LogP contribution is -2.34. The minimum Gasteiger partial charge on any atom is -0.363 e. The summed E-state index contributed by atoms with van der Waals surface area (Å²) in [6.45, 7) is 6.74. The van der Waals surface area contributed by atoms with Crippen molar-refractivity contribution in [2.24, 2.45) is 0 Å². The van der Waals surface area contributed by atoms with Crippen LogP contribution >= 0.6 is 0 Å². The summed E-state index contributed by atoms with van der Waals surface area (Å²) in [5, 5.41) is 10.5. The Morgan fingerprint density at radius 1 is 1.14 bits per heavy atom. The number of amides is 1. The Morgan fingerprint density at radius 2 is 1.93 bits per heavy atom. The standard InChI is InChI=1S/C20H23N7O/c1-12(2)18-25-17-16(8-9-22-20(17)28)19(26-18)24-13(3)14-4-6-15(7-5-14)27-11-21-10-23-27/h4-7,10-13H,8-9H2,1-3H3,(H,22,28)(H,24,25,26). The molecule has 2 N–H and O–H groups in total. The Morgan fingerprint density at radius 3 is 2.61 bits per heavy atom. The fraction of sp³-hybridized carbons (Fsp3) is 0.350. The first-order valence-electron chi connectivity index (χ1n) is 9.43. The molecule has 0 radical (unpaired) electrons. The third-order valence-electron chi connectivity index (χ3n) is 4.85. The fourth-order valence-corrected chi connectivity index (χ4v) is 3.23. The van der Waals surface area contributed by atoms with Gasteiger partial charge < -0.3 is 10.6 Å². The second-order valence-corrected chi connectivity index (χ2v) is 7.22. The smallest absolute Gasteiger partial charge is 0.270 e. The topological polar surface area (TPSA) is 97.6 Å². The Hall–Kier alpha value is -3.29. The van der Waals surface area contributed by atoms with Gasteiger partial charge in [-0.3, -0.25) is 4.79 Å². The first-order valence-corrected chi connectivity index (χ1v) is 9.43. The molecule has 1 aromatic carbocycles. The summed E-state index contributed by atoms with van der Waals surface area (Å²) in [5.41, 5.74) is 3.44. The first-order chi connectivity index (χ1) is 13.5. The molecule has 0 aliphatic carbocycles. The summed E-state index contributed by atoms with van der Waals surface area (Å²) in [6.07, 6.45) is 3.90. The SMILES string of the molecule is CC(C)c1nc(NC(C)c2ccc(-n3cncn3)cc2)c2c(n1)C(=O)NCC2. The molecule has 0 saturated carbocycles. The van der Waals surface area contributed by atoms with Gasteiger partial charge in [0.15, 0.2) is 0 Å². The van der Waals surface area contributed by atoms with Crippen molar-refractivity contribution < 1.29 is 4.79 Å². The molecule has 28 heavy (non-hydrogen) atoms. The predicted octanol–water partition coefficient (Wildman–Crippen LogP) is 2.64. The molecule has 3 heterocycles. The van der Waals surface area contributed by atoms with Gasteiger partial charge in [0.05, 0.1) is 5.69 Å². The molecule has 8 heteroatoms. The van der Waals surface area contributed by atoms with Gasteiger partial charge in [-0.1, -0.05) is 26.0 Å². The van der Waals surface area contributed by atoms with Crippen LogP contribution in [0.3, 0.4) is 0 Å². The number of fused-ring (bicyclic) bond motifs is 1. The van der Waals surface area contributed by atoms with Gasteiger partial charge in [0, 0.05) is 24.1 Å². The number of rotatable bonds is 5. The van der Waals surface area contributed by atoms with Crippen molar-refractivity contribution in [2.75, 3.05) is 11.9 Å². The molecule has 3 aromatic rings. The maximum atomic E-state index is 12.3. The van der Waals surface area contributed by atoms with Gasteiger partial charge in [0.1, 0.15) is 30.0 Å². The Labute approximate surface area is 163 Å². The van der Waals surface area contributed by atoms with Crippen molar-refractivity contribution in [3.63, 3.8) is 0 Å². The van der Waals surface area contributed by atoms with Gasteiger partial charge in [-0.25, -0.2) is 19.6 Å². The van der Waals surface area contributed by atoms with E-state index in [1.54, 1.807) is 11.0 Å². The minimum absolute atomic E-state index is 0.0220. The largest absolute Gasteiger partial charge is 0.363 e. The molecular weight excluding hydrogens is 354 g/mol. The summed E-state index contributed by atoms with van der Waals surface area (Å²) >= 11 is 0. The van der Waals surface area contributed by atoms with Crippen LogP contribution in [0.1, 0.15) is 60.2 Å². The highest BCUT2D eigenvalue weighted by Crippen LogP contribution is 2.27. The van der Waals surface area contributed by atoms with E-state index in [0.717, 1.165) is 29.1 Å². The molecule has 8 nitrogen and oxygen atoms in total. The van der Waals surface area contributed by atoms with Crippen molar-refractivity contribution in [3.05, 3.63) is 59.6 Å². The number of benzene rings is 1. The maximum Gasteiger partial charge on any atom is 0.270 e. The van der Waals surface area contributed by atoms with E-state index in [1.807, 2.05) is 26.0 Å². The lowest BCUT2D eigenvalue weighted by Gasteiger charge is -2.23. The van der Waals surface area contributed by atoms with E-state index in [4.69, 9.17) is 4.98 Å². The van der Waals surface area contributed by atoms with Crippen LogP contribution < -0.4 is 10.6 Å². The zero-order valence-electron chi connectivity index (χ0n) is 16.2. The second kappa shape index (κ2) is 7.38. The Bertz CT molecular complexity index is 981. The molecule has 0 fully saturated rings. The minimum atomic E-state index is -0.126. The Balaban J connectivity index is 1.62. The van der Waals surface area contributed by atoms with Crippen molar-refractivity contribution in [1.82, 2.24) is 30.0 Å². The lowest BCUT2D eigenvalue weighted by molar-refractivity contribution is 0.0940. The van der Waals surface area contributed by atoms with E-state index in [-0.39, 0.29) is 17.9 Å². The molecular formula is C20H23N7O. The normalized spacial score (nSPS) is 14.5. The molecule has 0 spiro atoms. The van der Waals surface area contributed by atoms with Gasteiger partial charge in [-0.05, 0) is 31.0 Å². The van der Waals surface area contributed by atoms with Crippen molar-refractivity contribution in [2.45, 2.75) is 39.2 Å². The van der Waals surface area contributed by atoms with Gasteiger partial charge in [-0.2, -0.15) is 5.10 Å². The molecule has 1 aliphatic heterocycles. The highest BCUT2D eigenvalue weighted by atomic mass is 16.1. The molecule has 4 rings (SSSR count). The number of hydrogen-bond acceptors (Lipinski definition) is 6. The summed E-state index contributed by atoms with van der Waals surface area (Å²) in [5.74, 6) is 1.43. The zero-order chi connectivity index (χ0) is 19.7. The van der Waals surface area contributed by atoms with Gasteiger partial charge in [0.25, 0.3) is 5.91 Å². The third-order valence-corrected chi connectivity index (χ3v) is 4.85. The third kappa shape index (κ3) is 3.45. The molecule has 144 valence electrons. The number of carbonyl (C=O) groups is 1. The maximum absolute atomic E-state index is 12.3. The van der Waals surface area contributed by atoms with Crippen LogP contribution in [0.25, 0.3) is 5.69 Å². The summed E-state index contributed by atoms with van der Waals surface area (Å²) in [7, 11) is 0. The van der Waals surface area contributed by atoms with Crippen LogP contribution in [0.2, 0.25) is 0 Å². The summed E-state index contributed by atoms with van der Waals surface area (Å²) in [4.78, 5) is 25.5. The van der Waals surface area contributed by atoms with E-state index >= 15 is 0 Å². The molecule has 1 atom stereocenters. The van der Waals surface area contributed by atoms with Crippen molar-refractivity contribution >= 4 is 11.7 Å². The molecule has 1 aliphatic rings. The van der Waals surface area contributed by atoms with Crippen LogP contribution in [0.4, 0.5) is 5.82 Å². The number of nitrogens with zero attached hydrogens (tertiary/aromatic N) is 5. The first kappa shape index (κ1) is 18.1. The Kier molecular flexibility index (Phi) is 4.77. The van der Waals surface area contributed by atoms with Gasteiger partial charge in [0.2, 0.25) is 0 Å². The van der Waals surface area contributed by atoms with Gasteiger partial charge >= 0.3 is 0 Å². The van der Waals surface area contributed by atoms with Crippen molar-refractivity contribution in [3.8, 4) is 5.69 Å². The predicted molar refractivity (Wildman–Crippen MR) is 106 cm³/mol. The summed E-state index contributed by atoms with van der Waals surface area (Å²) < 4.78 is 1.72. The van der Waals surface area contributed by atoms with Crippen LogP contribution in [0, 0.1) is 0 Å². The number of aromatic nitrogens is 5. The molecule has 1 unspecified atom stereocenters. The lowest BCUT2D eigenvalue weighted by atomic mass is 10.0. The summed E-state index contributed by atoms with van der Waals surface area (Å²) in [6, 6.07) is 8.14. The van der Waals surface area contributed by atoms with Crippen LogP contribution in [0.15, 0.2) is 36.9 Å². The average Bonchev–Trinajstić information content (AvgIpc) is 3.23. The highest BCUT2D eigenvalue weighted by Gasteiger charge is 2.25. The highest BCUT2D eigenvalue weighted by molar-refractivity contribution is 5.96. The molecule has 1 amide bonds. The number of hydrogen-bond donors (Lipinski definition) is 2.